The Labute approximate surface area is 102 Å². The topological polar surface area (TPSA) is 42.4 Å². The van der Waals surface area contributed by atoms with Crippen LogP contribution in [-0.4, -0.2) is 31.0 Å². The van der Waals surface area contributed by atoms with Crippen LogP contribution in [-0.2, 0) is 4.79 Å². The summed E-state index contributed by atoms with van der Waals surface area (Å²) in [6.45, 7) is 3.43. The molecule has 0 unspecified atom stereocenters. The minimum atomic E-state index is 0.223. The largest absolute Gasteiger partial charge is 0.493 e. The third-order valence-corrected chi connectivity index (χ3v) is 3.34. The first-order valence-electron chi connectivity index (χ1n) is 5.96. The Morgan fingerprint density at radius 3 is 2.76 bits per heavy atom. The fraction of sp³-hybridized carbons (Fsp3) is 0.538. The molecule has 2 heterocycles. The molecule has 0 aliphatic carbocycles. The van der Waals surface area contributed by atoms with Crippen molar-refractivity contribution in [3.8, 4) is 5.75 Å². The summed E-state index contributed by atoms with van der Waals surface area (Å²) >= 11 is 0. The summed E-state index contributed by atoms with van der Waals surface area (Å²) in [6, 6.07) is 3.78. The van der Waals surface area contributed by atoms with Gasteiger partial charge >= 0.3 is 0 Å². The Morgan fingerprint density at radius 1 is 1.47 bits per heavy atom. The lowest BCUT2D eigenvalue weighted by Crippen LogP contribution is -2.36. The molecular weight excluding hydrogens is 216 g/mol. The zero-order chi connectivity index (χ0) is 12.3. The first kappa shape index (κ1) is 11.9. The third-order valence-electron chi connectivity index (χ3n) is 3.34. The number of carbonyl (C=O) groups is 1. The minimum Gasteiger partial charge on any atom is -0.493 e. The number of hydrogen-bond acceptors (Lipinski definition) is 4. The van der Waals surface area contributed by atoms with Crippen molar-refractivity contribution in [1.29, 1.82) is 0 Å². The number of ketones is 1. The second-order valence-corrected chi connectivity index (χ2v) is 4.40. The van der Waals surface area contributed by atoms with Crippen LogP contribution in [0.1, 0.15) is 19.8 Å². The highest BCUT2D eigenvalue weighted by Gasteiger charge is 2.24. The van der Waals surface area contributed by atoms with Gasteiger partial charge in [-0.25, -0.2) is 4.98 Å². The van der Waals surface area contributed by atoms with E-state index in [4.69, 9.17) is 4.74 Å². The third kappa shape index (κ3) is 2.57. The number of Topliss-reactive ketones (excluding diaryl/α,β-unsaturated/α-hetero) is 1. The standard InChI is InChI=1S/C13H18N2O2/c1-10(16)11-5-8-15(9-6-11)13-12(17-2)4-3-7-14-13/h3-4,7,11H,5-6,8-9H2,1-2H3. The van der Waals surface area contributed by atoms with Gasteiger partial charge in [-0.05, 0) is 31.9 Å². The van der Waals surface area contributed by atoms with Gasteiger partial charge in [-0.2, -0.15) is 0 Å². The number of piperidine rings is 1. The molecule has 17 heavy (non-hydrogen) atoms. The van der Waals surface area contributed by atoms with Crippen LogP contribution >= 0.6 is 0 Å². The number of ether oxygens (including phenoxy) is 1. The van der Waals surface area contributed by atoms with Crippen molar-refractivity contribution in [2.75, 3.05) is 25.1 Å². The maximum absolute atomic E-state index is 11.3. The van der Waals surface area contributed by atoms with Crippen LogP contribution in [0.3, 0.4) is 0 Å². The molecule has 2 rings (SSSR count). The van der Waals surface area contributed by atoms with E-state index in [1.54, 1.807) is 20.2 Å². The highest BCUT2D eigenvalue weighted by Crippen LogP contribution is 2.29. The van der Waals surface area contributed by atoms with E-state index < -0.39 is 0 Å². The molecule has 1 aliphatic rings. The molecule has 1 fully saturated rings. The number of pyridine rings is 1. The molecule has 0 bridgehead atoms. The summed E-state index contributed by atoms with van der Waals surface area (Å²) < 4.78 is 5.30. The Morgan fingerprint density at radius 2 is 2.18 bits per heavy atom. The minimum absolute atomic E-state index is 0.223. The lowest BCUT2D eigenvalue weighted by Gasteiger charge is -2.32. The van der Waals surface area contributed by atoms with Gasteiger partial charge in [0.2, 0.25) is 0 Å². The van der Waals surface area contributed by atoms with Crippen molar-refractivity contribution < 1.29 is 9.53 Å². The first-order chi connectivity index (χ1) is 8.22. The molecule has 0 aromatic carbocycles. The van der Waals surface area contributed by atoms with Crippen molar-refractivity contribution in [3.05, 3.63) is 18.3 Å². The summed E-state index contributed by atoms with van der Waals surface area (Å²) in [7, 11) is 1.66. The Kier molecular flexibility index (Phi) is 3.61. The number of carbonyl (C=O) groups excluding carboxylic acids is 1. The quantitative estimate of drug-likeness (QED) is 0.801. The van der Waals surface area contributed by atoms with Gasteiger partial charge in [0.15, 0.2) is 11.6 Å². The van der Waals surface area contributed by atoms with Crippen LogP contribution in [0.4, 0.5) is 5.82 Å². The highest BCUT2D eigenvalue weighted by molar-refractivity contribution is 5.78. The van der Waals surface area contributed by atoms with Crippen molar-refractivity contribution >= 4 is 11.6 Å². The number of hydrogen-bond donors (Lipinski definition) is 0. The van der Waals surface area contributed by atoms with Gasteiger partial charge in [0.1, 0.15) is 5.78 Å². The summed E-state index contributed by atoms with van der Waals surface area (Å²) in [5.74, 6) is 2.21. The number of aromatic nitrogens is 1. The molecule has 1 aromatic rings. The number of rotatable bonds is 3. The lowest BCUT2D eigenvalue weighted by atomic mass is 9.93. The van der Waals surface area contributed by atoms with Crippen LogP contribution in [0.5, 0.6) is 5.75 Å². The fourth-order valence-electron chi connectivity index (χ4n) is 2.28. The van der Waals surface area contributed by atoms with E-state index in [2.05, 4.69) is 9.88 Å². The van der Waals surface area contributed by atoms with E-state index in [1.807, 2.05) is 12.1 Å². The predicted molar refractivity (Wildman–Crippen MR) is 66.4 cm³/mol. The monoisotopic (exact) mass is 234 g/mol. The van der Waals surface area contributed by atoms with E-state index in [0.717, 1.165) is 37.5 Å². The molecule has 0 N–H and O–H groups in total. The van der Waals surface area contributed by atoms with Crippen molar-refractivity contribution in [2.24, 2.45) is 5.92 Å². The van der Waals surface area contributed by atoms with Gasteiger partial charge in [-0.3, -0.25) is 4.79 Å². The first-order valence-corrected chi connectivity index (χ1v) is 5.96. The number of nitrogens with zero attached hydrogens (tertiary/aromatic N) is 2. The maximum atomic E-state index is 11.3. The van der Waals surface area contributed by atoms with Crippen molar-refractivity contribution in [2.45, 2.75) is 19.8 Å². The summed E-state index contributed by atoms with van der Waals surface area (Å²) in [5.41, 5.74) is 0. The van der Waals surface area contributed by atoms with Crippen molar-refractivity contribution in [1.82, 2.24) is 4.98 Å². The average Bonchev–Trinajstić information content (AvgIpc) is 2.39. The lowest BCUT2D eigenvalue weighted by molar-refractivity contribution is -0.121. The summed E-state index contributed by atoms with van der Waals surface area (Å²) in [4.78, 5) is 17.9. The van der Waals surface area contributed by atoms with E-state index in [9.17, 15) is 4.79 Å². The van der Waals surface area contributed by atoms with E-state index in [0.29, 0.717) is 5.78 Å². The molecule has 0 saturated carbocycles. The SMILES string of the molecule is COc1cccnc1N1CCC(C(C)=O)CC1. The van der Waals surface area contributed by atoms with Gasteiger partial charge in [0, 0.05) is 25.2 Å². The van der Waals surface area contributed by atoms with Gasteiger partial charge in [0.25, 0.3) is 0 Å². The molecule has 0 atom stereocenters. The molecule has 92 valence electrons. The molecule has 1 saturated heterocycles. The zero-order valence-corrected chi connectivity index (χ0v) is 10.3. The fourth-order valence-corrected chi connectivity index (χ4v) is 2.28. The maximum Gasteiger partial charge on any atom is 0.171 e. The van der Waals surface area contributed by atoms with Crippen LogP contribution in [0, 0.1) is 5.92 Å². The van der Waals surface area contributed by atoms with E-state index in [1.165, 1.54) is 0 Å². The average molecular weight is 234 g/mol. The highest BCUT2D eigenvalue weighted by atomic mass is 16.5. The molecule has 1 aliphatic heterocycles. The Balaban J connectivity index is 2.07. The van der Waals surface area contributed by atoms with Crippen LogP contribution in [0.25, 0.3) is 0 Å². The predicted octanol–water partition coefficient (Wildman–Crippen LogP) is 1.90. The molecule has 0 radical (unpaired) electrons. The van der Waals surface area contributed by atoms with E-state index in [-0.39, 0.29) is 5.92 Å². The Bertz CT molecular complexity index is 398. The summed E-state index contributed by atoms with van der Waals surface area (Å²) in [5, 5.41) is 0. The van der Waals surface area contributed by atoms with Gasteiger partial charge in [-0.15, -0.1) is 0 Å². The summed E-state index contributed by atoms with van der Waals surface area (Å²) in [6.07, 6.45) is 3.60. The molecule has 4 heteroatoms. The van der Waals surface area contributed by atoms with Gasteiger partial charge in [0.05, 0.1) is 7.11 Å². The van der Waals surface area contributed by atoms with Crippen molar-refractivity contribution in [3.63, 3.8) is 0 Å². The molecule has 4 nitrogen and oxygen atoms in total. The van der Waals surface area contributed by atoms with Crippen LogP contribution in [0.2, 0.25) is 0 Å². The van der Waals surface area contributed by atoms with Gasteiger partial charge in [-0.1, -0.05) is 0 Å². The molecule has 0 amide bonds. The molecule has 0 spiro atoms. The molecular formula is C13H18N2O2. The number of anilines is 1. The van der Waals surface area contributed by atoms with Gasteiger partial charge < -0.3 is 9.64 Å². The smallest absolute Gasteiger partial charge is 0.171 e. The Hall–Kier alpha value is -1.58. The number of methoxy groups -OCH3 is 1. The molecule has 1 aromatic heterocycles. The second-order valence-electron chi connectivity index (χ2n) is 4.40. The van der Waals surface area contributed by atoms with E-state index >= 15 is 0 Å². The second kappa shape index (κ2) is 5.17. The zero-order valence-electron chi connectivity index (χ0n) is 10.3. The van der Waals surface area contributed by atoms with Crippen LogP contribution < -0.4 is 9.64 Å². The normalized spacial score (nSPS) is 16.9. The van der Waals surface area contributed by atoms with Crippen LogP contribution in [0.15, 0.2) is 18.3 Å².